The standard InChI is InChI=1S/C24H21ClFN3O5S/c1-34-17-9-11-18(12-10-17)35(32,33)29-24(31)19-3-2-4-21(26)22(19)27-14-20(24)23(30)28-13-15-5-7-16(25)8-6-15/h2-12,14,20,29,31H,13H2,1H3,(H,28,30). The van der Waals surface area contributed by atoms with Crippen LogP contribution in [0.5, 0.6) is 5.75 Å². The lowest BCUT2D eigenvalue weighted by molar-refractivity contribution is -0.131. The summed E-state index contributed by atoms with van der Waals surface area (Å²) in [5.74, 6) is -2.57. The number of aliphatic imine (C=N–C) groups is 1. The fraction of sp³-hybridized carbons (Fsp3) is 0.167. The average Bonchev–Trinajstić information content (AvgIpc) is 2.84. The highest BCUT2D eigenvalue weighted by Gasteiger charge is 2.49. The molecule has 0 fully saturated rings. The van der Waals surface area contributed by atoms with Crippen LogP contribution in [0.1, 0.15) is 11.1 Å². The van der Waals surface area contributed by atoms with Gasteiger partial charge in [-0.2, -0.15) is 4.72 Å². The van der Waals surface area contributed by atoms with Gasteiger partial charge in [-0.1, -0.05) is 35.9 Å². The Morgan fingerprint density at radius 2 is 1.83 bits per heavy atom. The third-order valence-electron chi connectivity index (χ3n) is 5.52. The minimum Gasteiger partial charge on any atom is -0.497 e. The molecule has 0 saturated carbocycles. The van der Waals surface area contributed by atoms with Gasteiger partial charge in [0.05, 0.1) is 12.0 Å². The fourth-order valence-electron chi connectivity index (χ4n) is 3.67. The highest BCUT2D eigenvalue weighted by atomic mass is 35.5. The van der Waals surface area contributed by atoms with Crippen LogP contribution in [0, 0.1) is 11.7 Å². The van der Waals surface area contributed by atoms with E-state index in [9.17, 15) is 22.7 Å². The van der Waals surface area contributed by atoms with Gasteiger partial charge >= 0.3 is 0 Å². The molecule has 3 N–H and O–H groups in total. The smallest absolute Gasteiger partial charge is 0.243 e. The van der Waals surface area contributed by atoms with Gasteiger partial charge in [-0.05, 0) is 48.0 Å². The lowest BCUT2D eigenvalue weighted by Gasteiger charge is -2.37. The van der Waals surface area contributed by atoms with Crippen molar-refractivity contribution in [1.29, 1.82) is 0 Å². The van der Waals surface area contributed by atoms with Crippen molar-refractivity contribution >= 4 is 39.4 Å². The van der Waals surface area contributed by atoms with E-state index in [4.69, 9.17) is 16.3 Å². The molecular formula is C24H21ClFN3O5S. The predicted octanol–water partition coefficient (Wildman–Crippen LogP) is 3.26. The predicted molar refractivity (Wildman–Crippen MR) is 129 cm³/mol. The summed E-state index contributed by atoms with van der Waals surface area (Å²) in [6.45, 7) is 0.0810. The lowest BCUT2D eigenvalue weighted by atomic mass is 9.86. The van der Waals surface area contributed by atoms with Crippen LogP contribution in [-0.2, 0) is 27.1 Å². The van der Waals surface area contributed by atoms with Crippen molar-refractivity contribution in [3.63, 3.8) is 0 Å². The van der Waals surface area contributed by atoms with Gasteiger partial charge in [0.1, 0.15) is 23.2 Å². The van der Waals surface area contributed by atoms with Crippen molar-refractivity contribution in [3.8, 4) is 5.75 Å². The number of para-hydroxylation sites is 1. The maximum absolute atomic E-state index is 14.5. The number of methoxy groups -OCH3 is 1. The molecule has 11 heteroatoms. The van der Waals surface area contributed by atoms with Crippen LogP contribution in [0.4, 0.5) is 10.1 Å². The maximum Gasteiger partial charge on any atom is 0.243 e. The second kappa shape index (κ2) is 9.74. The molecule has 8 nitrogen and oxygen atoms in total. The monoisotopic (exact) mass is 517 g/mol. The second-order valence-corrected chi connectivity index (χ2v) is 9.90. The molecule has 1 amide bonds. The first kappa shape index (κ1) is 24.8. The van der Waals surface area contributed by atoms with Gasteiger partial charge in [0, 0.05) is 23.3 Å². The number of halogens is 2. The number of nitrogens with one attached hydrogen (secondary N) is 2. The van der Waals surface area contributed by atoms with Crippen molar-refractivity contribution in [3.05, 3.63) is 88.7 Å². The molecule has 0 saturated heterocycles. The number of rotatable bonds is 7. The van der Waals surface area contributed by atoms with E-state index in [1.807, 2.05) is 0 Å². The molecule has 35 heavy (non-hydrogen) atoms. The first-order chi connectivity index (χ1) is 16.6. The number of carbonyl (C=O) groups is 1. The zero-order chi connectivity index (χ0) is 25.2. The Balaban J connectivity index is 1.68. The third kappa shape index (κ3) is 5.06. The Labute approximate surface area is 206 Å². The number of nitrogens with zero attached hydrogens (tertiary/aromatic N) is 1. The summed E-state index contributed by atoms with van der Waals surface area (Å²) >= 11 is 5.88. The molecule has 1 heterocycles. The molecule has 3 aromatic carbocycles. The molecule has 3 aromatic rings. The van der Waals surface area contributed by atoms with Gasteiger partial charge in [-0.15, -0.1) is 0 Å². The largest absolute Gasteiger partial charge is 0.497 e. The molecule has 0 radical (unpaired) electrons. The molecule has 1 aliphatic rings. The average molecular weight is 518 g/mol. The van der Waals surface area contributed by atoms with Crippen LogP contribution in [0.2, 0.25) is 5.02 Å². The number of hydrogen-bond donors (Lipinski definition) is 3. The number of benzene rings is 3. The summed E-state index contributed by atoms with van der Waals surface area (Å²) in [4.78, 5) is 16.9. The first-order valence-electron chi connectivity index (χ1n) is 10.4. The van der Waals surface area contributed by atoms with Gasteiger partial charge in [0.15, 0.2) is 5.72 Å². The van der Waals surface area contributed by atoms with Crippen molar-refractivity contribution in [1.82, 2.24) is 10.0 Å². The number of hydrogen-bond acceptors (Lipinski definition) is 6. The Kier molecular flexibility index (Phi) is 6.91. The zero-order valence-electron chi connectivity index (χ0n) is 18.4. The number of carbonyl (C=O) groups excluding carboxylic acids is 1. The maximum atomic E-state index is 14.5. The van der Waals surface area contributed by atoms with E-state index in [0.717, 1.165) is 17.8 Å². The molecule has 182 valence electrons. The summed E-state index contributed by atoms with van der Waals surface area (Å²) in [6, 6.07) is 15.9. The van der Waals surface area contributed by atoms with Crippen LogP contribution >= 0.6 is 11.6 Å². The van der Waals surface area contributed by atoms with Crippen LogP contribution in [-0.4, -0.2) is 32.8 Å². The van der Waals surface area contributed by atoms with E-state index in [1.54, 1.807) is 24.3 Å². The summed E-state index contributed by atoms with van der Waals surface area (Å²) in [7, 11) is -2.94. The van der Waals surface area contributed by atoms with Crippen LogP contribution in [0.15, 0.2) is 76.6 Å². The zero-order valence-corrected chi connectivity index (χ0v) is 20.0. The van der Waals surface area contributed by atoms with Gasteiger partial charge < -0.3 is 15.2 Å². The molecule has 0 aromatic heterocycles. The van der Waals surface area contributed by atoms with Crippen molar-refractivity contribution in [2.24, 2.45) is 10.9 Å². The summed E-state index contributed by atoms with van der Waals surface area (Å²) < 4.78 is 48.1. The summed E-state index contributed by atoms with van der Waals surface area (Å²) in [6.07, 6.45) is 1.03. The molecule has 0 aliphatic carbocycles. The van der Waals surface area contributed by atoms with E-state index in [0.29, 0.717) is 10.8 Å². The SMILES string of the molecule is COc1ccc(S(=O)(=O)NC2(O)c3cccc(F)c3N=CC2C(=O)NCc2ccc(Cl)cc2)cc1. The van der Waals surface area contributed by atoms with Gasteiger partial charge in [0.25, 0.3) is 0 Å². The van der Waals surface area contributed by atoms with Gasteiger partial charge in [-0.3, -0.25) is 9.79 Å². The Morgan fingerprint density at radius 3 is 2.49 bits per heavy atom. The first-order valence-corrected chi connectivity index (χ1v) is 12.3. The van der Waals surface area contributed by atoms with Crippen molar-refractivity contribution < 1.29 is 27.4 Å². The molecule has 2 atom stereocenters. The normalized spacial score (nSPS) is 19.1. The van der Waals surface area contributed by atoms with Gasteiger partial charge in [0.2, 0.25) is 15.9 Å². The Morgan fingerprint density at radius 1 is 1.14 bits per heavy atom. The summed E-state index contributed by atoms with van der Waals surface area (Å²) in [5.41, 5.74) is -2.26. The fourth-order valence-corrected chi connectivity index (χ4v) is 5.06. The minimum absolute atomic E-state index is 0.0810. The number of aliphatic hydroxyl groups is 1. The molecule has 2 unspecified atom stereocenters. The van der Waals surface area contributed by atoms with Crippen molar-refractivity contribution in [2.45, 2.75) is 17.2 Å². The van der Waals surface area contributed by atoms with E-state index in [2.05, 4.69) is 15.0 Å². The molecular weight excluding hydrogens is 497 g/mol. The molecule has 4 rings (SSSR count). The van der Waals surface area contributed by atoms with E-state index < -0.39 is 33.4 Å². The minimum atomic E-state index is -4.37. The number of fused-ring (bicyclic) bond motifs is 1. The van der Waals surface area contributed by atoms with E-state index >= 15 is 0 Å². The van der Waals surface area contributed by atoms with E-state index in [1.165, 1.54) is 43.5 Å². The quantitative estimate of drug-likeness (QED) is 0.416. The lowest BCUT2D eigenvalue weighted by Crippen LogP contribution is -2.57. The van der Waals surface area contributed by atoms with Gasteiger partial charge in [-0.25, -0.2) is 12.8 Å². The van der Waals surface area contributed by atoms with Crippen LogP contribution in [0.25, 0.3) is 0 Å². The molecule has 0 spiro atoms. The Bertz CT molecular complexity index is 1380. The molecule has 0 bridgehead atoms. The number of amides is 1. The van der Waals surface area contributed by atoms with E-state index in [-0.39, 0.29) is 22.7 Å². The number of ether oxygens (including phenoxy) is 1. The second-order valence-electron chi connectivity index (χ2n) is 7.78. The molecule has 1 aliphatic heterocycles. The third-order valence-corrected chi connectivity index (χ3v) is 7.25. The Hall–Kier alpha value is -3.31. The van der Waals surface area contributed by atoms with Crippen molar-refractivity contribution in [2.75, 3.05) is 7.11 Å². The highest BCUT2D eigenvalue weighted by Crippen LogP contribution is 2.40. The summed E-state index contributed by atoms with van der Waals surface area (Å²) in [5, 5.41) is 14.8. The van der Waals surface area contributed by atoms with Crippen LogP contribution < -0.4 is 14.8 Å². The highest BCUT2D eigenvalue weighted by molar-refractivity contribution is 7.89. The number of sulfonamides is 1. The topological polar surface area (TPSA) is 117 Å². The van der Waals surface area contributed by atoms with Crippen LogP contribution in [0.3, 0.4) is 0 Å².